The molecule has 7 nitrogen and oxygen atoms in total. The Morgan fingerprint density at radius 2 is 1.85 bits per heavy atom. The van der Waals surface area contributed by atoms with Gasteiger partial charge < -0.3 is 30.2 Å². The summed E-state index contributed by atoms with van der Waals surface area (Å²) in [7, 11) is 1.39. The summed E-state index contributed by atoms with van der Waals surface area (Å²) in [4.78, 5) is 4.33. The summed E-state index contributed by atoms with van der Waals surface area (Å²) in [5.41, 5.74) is 2.05. The van der Waals surface area contributed by atoms with Gasteiger partial charge in [0.25, 0.3) is 0 Å². The van der Waals surface area contributed by atoms with Gasteiger partial charge in [0, 0.05) is 16.0 Å². The molecule has 2 heterocycles. The third kappa shape index (κ3) is 5.75. The summed E-state index contributed by atoms with van der Waals surface area (Å²) in [6.07, 6.45) is -6.29. The summed E-state index contributed by atoms with van der Waals surface area (Å²) in [6, 6.07) is 10.7. The molecule has 0 amide bonds. The molecule has 4 rings (SSSR count). The molecular weight excluding hydrogens is 552 g/mol. The standard InChI is InChI=1S/C28H28F4N2O5S/c1-26(33)15-39-25-19(26)14-23(34-24(25)16-3-6-18(29)7-4-16)27(36,28(30,31)32)10-9-22(40)17-5-8-20(38-12-11-35)21(13-17)37-2/h3-8,13-14,35-36H,9-12,15,33H2,1-2H3. The van der Waals surface area contributed by atoms with E-state index < -0.39 is 35.2 Å². The SMILES string of the molecule is COc1cc(C(=S)CCC(O)(c2cc3c(c(-c4ccc(F)cc4)n2)OCC3(C)N)C(F)(F)F)ccc1OCCO. The zero-order valence-corrected chi connectivity index (χ0v) is 22.5. The number of nitrogens with zero attached hydrogens (tertiary/aromatic N) is 1. The molecule has 2 atom stereocenters. The molecule has 1 aromatic heterocycles. The maximum absolute atomic E-state index is 14.6. The van der Waals surface area contributed by atoms with Gasteiger partial charge in [0.1, 0.15) is 24.7 Å². The number of benzene rings is 2. The van der Waals surface area contributed by atoms with Crippen molar-refractivity contribution in [1.29, 1.82) is 0 Å². The number of nitrogens with two attached hydrogens (primary N) is 1. The average molecular weight is 581 g/mol. The first-order chi connectivity index (χ1) is 18.8. The highest BCUT2D eigenvalue weighted by atomic mass is 32.1. The zero-order valence-electron chi connectivity index (χ0n) is 21.7. The van der Waals surface area contributed by atoms with E-state index in [2.05, 4.69) is 4.98 Å². The average Bonchev–Trinajstić information content (AvgIpc) is 3.23. The number of aliphatic hydroxyl groups is 2. The van der Waals surface area contributed by atoms with E-state index in [-0.39, 0.29) is 53.9 Å². The van der Waals surface area contributed by atoms with Crippen LogP contribution in [0.2, 0.25) is 0 Å². The molecule has 12 heteroatoms. The summed E-state index contributed by atoms with van der Waals surface area (Å²) < 4.78 is 73.6. The number of alkyl halides is 3. The number of ether oxygens (including phenoxy) is 3. The Bertz CT molecular complexity index is 1400. The number of hydrogen-bond donors (Lipinski definition) is 3. The highest BCUT2D eigenvalue weighted by Gasteiger charge is 2.56. The Morgan fingerprint density at radius 1 is 1.15 bits per heavy atom. The third-order valence-corrected chi connectivity index (χ3v) is 7.10. The number of aliphatic hydroxyl groups excluding tert-OH is 1. The van der Waals surface area contributed by atoms with Crippen LogP contribution in [-0.4, -0.2) is 53.2 Å². The van der Waals surface area contributed by atoms with Gasteiger partial charge in [-0.2, -0.15) is 13.2 Å². The molecule has 0 saturated carbocycles. The van der Waals surface area contributed by atoms with Gasteiger partial charge in [-0.3, -0.25) is 0 Å². The minimum absolute atomic E-state index is 0.00938. The lowest BCUT2D eigenvalue weighted by Gasteiger charge is -2.31. The van der Waals surface area contributed by atoms with Crippen molar-refractivity contribution in [1.82, 2.24) is 4.98 Å². The molecule has 0 saturated heterocycles. The highest BCUT2D eigenvalue weighted by molar-refractivity contribution is 7.80. The molecule has 0 aliphatic carbocycles. The number of pyridine rings is 1. The first-order valence-corrected chi connectivity index (χ1v) is 12.7. The summed E-state index contributed by atoms with van der Waals surface area (Å²) in [6.45, 7) is 1.39. The number of rotatable bonds is 10. The Morgan fingerprint density at radius 3 is 2.48 bits per heavy atom. The topological polar surface area (TPSA) is 107 Å². The predicted octanol–water partition coefficient (Wildman–Crippen LogP) is 4.78. The van der Waals surface area contributed by atoms with Gasteiger partial charge in [-0.25, -0.2) is 9.37 Å². The molecular formula is C28H28F4N2O5S. The van der Waals surface area contributed by atoms with Crippen LogP contribution in [0.15, 0.2) is 48.5 Å². The normalized spacial score (nSPS) is 18.0. The van der Waals surface area contributed by atoms with Gasteiger partial charge in [0.05, 0.1) is 24.9 Å². The molecule has 1 aliphatic rings. The van der Waals surface area contributed by atoms with Crippen LogP contribution in [0.25, 0.3) is 11.3 Å². The van der Waals surface area contributed by atoms with Gasteiger partial charge in [0.2, 0.25) is 5.60 Å². The van der Waals surface area contributed by atoms with Crippen LogP contribution < -0.4 is 19.9 Å². The van der Waals surface area contributed by atoms with E-state index in [9.17, 15) is 22.7 Å². The van der Waals surface area contributed by atoms with Crippen LogP contribution in [0, 0.1) is 5.82 Å². The molecule has 1 aliphatic heterocycles. The van der Waals surface area contributed by atoms with Gasteiger partial charge in [-0.15, -0.1) is 0 Å². The Kier molecular flexibility index (Phi) is 8.36. The van der Waals surface area contributed by atoms with Gasteiger partial charge in [-0.1, -0.05) is 12.2 Å². The van der Waals surface area contributed by atoms with E-state index in [1.165, 1.54) is 31.4 Å². The fourth-order valence-corrected chi connectivity index (χ4v) is 4.62. The van der Waals surface area contributed by atoms with Gasteiger partial charge >= 0.3 is 6.18 Å². The van der Waals surface area contributed by atoms with E-state index in [1.807, 2.05) is 0 Å². The van der Waals surface area contributed by atoms with Crippen molar-refractivity contribution < 1.29 is 42.0 Å². The zero-order chi connectivity index (χ0) is 29.3. The van der Waals surface area contributed by atoms with Crippen molar-refractivity contribution in [3.63, 3.8) is 0 Å². The molecule has 0 spiro atoms. The summed E-state index contributed by atoms with van der Waals surface area (Å²) in [5.74, 6) is 0.255. The second-order valence-corrected chi connectivity index (χ2v) is 10.2. The molecule has 40 heavy (non-hydrogen) atoms. The fourth-order valence-electron chi connectivity index (χ4n) is 4.39. The molecule has 0 bridgehead atoms. The van der Waals surface area contributed by atoms with E-state index in [0.29, 0.717) is 16.9 Å². The van der Waals surface area contributed by atoms with Crippen molar-refractivity contribution in [2.24, 2.45) is 5.73 Å². The van der Waals surface area contributed by atoms with Crippen molar-refractivity contribution in [3.05, 3.63) is 71.2 Å². The Balaban J connectivity index is 1.71. The molecule has 2 unspecified atom stereocenters. The number of hydrogen-bond acceptors (Lipinski definition) is 8. The van der Waals surface area contributed by atoms with Crippen molar-refractivity contribution in [3.8, 4) is 28.5 Å². The minimum atomic E-state index is -5.13. The monoisotopic (exact) mass is 580 g/mol. The minimum Gasteiger partial charge on any atom is -0.493 e. The number of halogens is 4. The van der Waals surface area contributed by atoms with Crippen molar-refractivity contribution in [2.45, 2.75) is 37.1 Å². The molecule has 214 valence electrons. The van der Waals surface area contributed by atoms with E-state index in [0.717, 1.165) is 18.2 Å². The number of thiocarbonyl (C=S) groups is 1. The number of fused-ring (bicyclic) bond motifs is 1. The van der Waals surface area contributed by atoms with Crippen LogP contribution in [0.4, 0.5) is 17.6 Å². The third-order valence-electron chi connectivity index (χ3n) is 6.66. The summed E-state index contributed by atoms with van der Waals surface area (Å²) in [5, 5.41) is 20.2. The van der Waals surface area contributed by atoms with Crippen LogP contribution in [0.5, 0.6) is 17.2 Å². The second kappa shape index (κ2) is 11.3. The molecule has 3 aromatic rings. The fraction of sp³-hybridized carbons (Fsp3) is 0.357. The maximum atomic E-state index is 14.6. The lowest BCUT2D eigenvalue weighted by atomic mass is 9.86. The largest absolute Gasteiger partial charge is 0.493 e. The molecule has 0 fully saturated rings. The highest BCUT2D eigenvalue weighted by Crippen LogP contribution is 2.48. The Hall–Kier alpha value is -3.32. The predicted molar refractivity (Wildman–Crippen MR) is 143 cm³/mol. The molecule has 0 radical (unpaired) electrons. The van der Waals surface area contributed by atoms with E-state index in [1.54, 1.807) is 13.0 Å². The number of aromatic nitrogens is 1. The smallest absolute Gasteiger partial charge is 0.422 e. The quantitative estimate of drug-likeness (QED) is 0.179. The lowest BCUT2D eigenvalue weighted by Crippen LogP contribution is -2.44. The first kappa shape index (κ1) is 29.7. The second-order valence-electron chi connectivity index (χ2n) is 9.66. The molecule has 2 aromatic carbocycles. The maximum Gasteiger partial charge on any atom is 0.422 e. The van der Waals surface area contributed by atoms with Crippen LogP contribution in [0.3, 0.4) is 0 Å². The Labute approximate surface area is 233 Å². The van der Waals surface area contributed by atoms with Crippen molar-refractivity contribution in [2.75, 3.05) is 26.9 Å². The van der Waals surface area contributed by atoms with E-state index >= 15 is 0 Å². The van der Waals surface area contributed by atoms with Gasteiger partial charge in [0.15, 0.2) is 17.2 Å². The van der Waals surface area contributed by atoms with Crippen LogP contribution in [0.1, 0.15) is 36.6 Å². The number of methoxy groups -OCH3 is 1. The lowest BCUT2D eigenvalue weighted by molar-refractivity contribution is -0.270. The van der Waals surface area contributed by atoms with Crippen molar-refractivity contribution >= 4 is 17.1 Å². The van der Waals surface area contributed by atoms with E-state index in [4.69, 9.17) is 37.3 Å². The summed E-state index contributed by atoms with van der Waals surface area (Å²) >= 11 is 5.42. The van der Waals surface area contributed by atoms with Crippen LogP contribution in [-0.2, 0) is 11.1 Å². The first-order valence-electron chi connectivity index (χ1n) is 12.3. The molecule has 4 N–H and O–H groups in total. The van der Waals surface area contributed by atoms with Gasteiger partial charge in [-0.05, 0) is 73.9 Å². The van der Waals surface area contributed by atoms with Crippen LogP contribution >= 0.6 is 12.2 Å².